The predicted molar refractivity (Wildman–Crippen MR) is 67.9 cm³/mol. The Labute approximate surface area is 117 Å². The number of hydrogen-bond acceptors (Lipinski definition) is 1. The van der Waals surface area contributed by atoms with Crippen molar-refractivity contribution in [3.05, 3.63) is 64.7 Å². The Morgan fingerprint density at radius 1 is 0.952 bits per heavy atom. The van der Waals surface area contributed by atoms with Crippen LogP contribution in [0.2, 0.25) is 0 Å². The van der Waals surface area contributed by atoms with Crippen LogP contribution >= 0.6 is 0 Å². The molecular formula is C15H10F5N. The molecular weight excluding hydrogens is 289 g/mol. The molecule has 110 valence electrons. The summed E-state index contributed by atoms with van der Waals surface area (Å²) in [4.78, 5) is 0. The minimum absolute atomic E-state index is 0.252. The van der Waals surface area contributed by atoms with Crippen molar-refractivity contribution in [1.82, 2.24) is 0 Å². The van der Waals surface area contributed by atoms with E-state index in [1.54, 1.807) is 0 Å². The van der Waals surface area contributed by atoms with E-state index >= 15 is 0 Å². The van der Waals surface area contributed by atoms with Crippen molar-refractivity contribution in [3.63, 3.8) is 0 Å². The number of hydrogen-bond donors (Lipinski definition) is 1. The van der Waals surface area contributed by atoms with E-state index in [-0.39, 0.29) is 6.42 Å². The number of halogens is 5. The quantitative estimate of drug-likeness (QED) is 0.753. The third-order valence-corrected chi connectivity index (χ3v) is 3.47. The lowest BCUT2D eigenvalue weighted by molar-refractivity contribution is -0.137. The zero-order valence-electron chi connectivity index (χ0n) is 10.6. The average molecular weight is 299 g/mol. The second-order valence-corrected chi connectivity index (χ2v) is 4.97. The normalized spacial score (nSPS) is 17.5. The predicted octanol–water partition coefficient (Wildman–Crippen LogP) is 4.69. The van der Waals surface area contributed by atoms with Gasteiger partial charge in [-0.05, 0) is 47.9 Å². The topological polar surface area (TPSA) is 12.0 Å². The molecule has 0 saturated heterocycles. The lowest BCUT2D eigenvalue weighted by atomic mass is 10.0. The average Bonchev–Trinajstić information content (AvgIpc) is 2.79. The van der Waals surface area contributed by atoms with Gasteiger partial charge < -0.3 is 5.32 Å². The summed E-state index contributed by atoms with van der Waals surface area (Å²) in [6, 6.07) is 6.07. The second kappa shape index (κ2) is 4.72. The molecule has 0 bridgehead atoms. The number of anilines is 1. The molecule has 1 atom stereocenters. The van der Waals surface area contributed by atoms with Gasteiger partial charge in [-0.2, -0.15) is 13.2 Å². The summed E-state index contributed by atoms with van der Waals surface area (Å²) >= 11 is 0. The van der Waals surface area contributed by atoms with Gasteiger partial charge in [0, 0.05) is 11.8 Å². The molecule has 0 saturated carbocycles. The van der Waals surface area contributed by atoms with Crippen LogP contribution in [0.15, 0.2) is 36.4 Å². The first-order valence-corrected chi connectivity index (χ1v) is 6.25. The van der Waals surface area contributed by atoms with Gasteiger partial charge in [-0.1, -0.05) is 0 Å². The van der Waals surface area contributed by atoms with Crippen molar-refractivity contribution in [2.75, 3.05) is 5.32 Å². The van der Waals surface area contributed by atoms with E-state index in [1.165, 1.54) is 18.2 Å². The summed E-state index contributed by atoms with van der Waals surface area (Å²) in [6.45, 7) is 0. The summed E-state index contributed by atoms with van der Waals surface area (Å²) in [6.07, 6.45) is -4.15. The van der Waals surface area contributed by atoms with E-state index < -0.39 is 29.4 Å². The fourth-order valence-corrected chi connectivity index (χ4v) is 2.52. The van der Waals surface area contributed by atoms with Crippen LogP contribution in [0.25, 0.3) is 0 Å². The molecule has 1 nitrogen and oxygen atoms in total. The highest BCUT2D eigenvalue weighted by molar-refractivity contribution is 5.59. The Morgan fingerprint density at radius 3 is 2.24 bits per heavy atom. The van der Waals surface area contributed by atoms with Crippen LogP contribution < -0.4 is 5.32 Å². The Hall–Kier alpha value is -2.11. The van der Waals surface area contributed by atoms with E-state index in [2.05, 4.69) is 5.32 Å². The van der Waals surface area contributed by atoms with Gasteiger partial charge in [0.15, 0.2) is 0 Å². The van der Waals surface area contributed by atoms with Gasteiger partial charge in [-0.15, -0.1) is 0 Å². The molecule has 1 aliphatic heterocycles. The molecule has 3 rings (SSSR count). The maximum Gasteiger partial charge on any atom is 0.416 e. The number of benzene rings is 2. The summed E-state index contributed by atoms with van der Waals surface area (Å²) in [5.74, 6) is -1.42. The van der Waals surface area contributed by atoms with E-state index in [1.807, 2.05) is 0 Å². The molecule has 1 unspecified atom stereocenters. The maximum absolute atomic E-state index is 13.2. The highest BCUT2D eigenvalue weighted by atomic mass is 19.4. The lowest BCUT2D eigenvalue weighted by Crippen LogP contribution is -2.06. The molecule has 0 aliphatic carbocycles. The third kappa shape index (κ3) is 2.70. The smallest absolute Gasteiger partial charge is 0.378 e. The van der Waals surface area contributed by atoms with Crippen molar-refractivity contribution in [1.29, 1.82) is 0 Å². The molecule has 1 heterocycles. The van der Waals surface area contributed by atoms with Gasteiger partial charge >= 0.3 is 6.18 Å². The van der Waals surface area contributed by atoms with Crippen molar-refractivity contribution < 1.29 is 22.0 Å². The monoisotopic (exact) mass is 299 g/mol. The molecule has 6 heteroatoms. The van der Waals surface area contributed by atoms with Crippen LogP contribution in [0.5, 0.6) is 0 Å². The van der Waals surface area contributed by atoms with E-state index in [9.17, 15) is 22.0 Å². The van der Waals surface area contributed by atoms with Gasteiger partial charge in [0.1, 0.15) is 11.6 Å². The minimum atomic E-state index is -4.40. The van der Waals surface area contributed by atoms with Crippen LogP contribution in [0.1, 0.15) is 22.7 Å². The number of rotatable bonds is 1. The Bertz CT molecular complexity index is 673. The minimum Gasteiger partial charge on any atom is -0.378 e. The molecule has 0 spiro atoms. The fraction of sp³-hybridized carbons (Fsp3) is 0.200. The Morgan fingerprint density at radius 2 is 1.62 bits per heavy atom. The Kier molecular flexibility index (Phi) is 3.11. The molecule has 0 radical (unpaired) electrons. The van der Waals surface area contributed by atoms with Gasteiger partial charge in [0.25, 0.3) is 0 Å². The Balaban J connectivity index is 1.91. The van der Waals surface area contributed by atoms with Crippen LogP contribution in [-0.2, 0) is 12.6 Å². The standard InChI is InChI=1S/C15H10F5N/c16-11-4-9(5-12(17)7-11)14-6-8-3-10(15(18,19)20)1-2-13(8)21-14/h1-5,7,14,21H,6H2. The highest BCUT2D eigenvalue weighted by Crippen LogP contribution is 2.38. The third-order valence-electron chi connectivity index (χ3n) is 3.47. The largest absolute Gasteiger partial charge is 0.416 e. The van der Waals surface area contributed by atoms with Crippen molar-refractivity contribution in [2.24, 2.45) is 0 Å². The molecule has 0 amide bonds. The van der Waals surface area contributed by atoms with Gasteiger partial charge in [-0.25, -0.2) is 8.78 Å². The first-order chi connectivity index (χ1) is 9.83. The van der Waals surface area contributed by atoms with Crippen molar-refractivity contribution in [2.45, 2.75) is 18.6 Å². The zero-order valence-corrected chi connectivity index (χ0v) is 10.6. The second-order valence-electron chi connectivity index (χ2n) is 4.97. The molecule has 1 aliphatic rings. The zero-order chi connectivity index (χ0) is 15.2. The van der Waals surface area contributed by atoms with Crippen molar-refractivity contribution >= 4 is 5.69 Å². The summed E-state index contributed by atoms with van der Waals surface area (Å²) in [5.41, 5.74) is 0.684. The highest BCUT2D eigenvalue weighted by Gasteiger charge is 2.32. The van der Waals surface area contributed by atoms with Crippen LogP contribution in [0.3, 0.4) is 0 Å². The number of nitrogens with one attached hydrogen (secondary N) is 1. The van der Waals surface area contributed by atoms with Crippen LogP contribution in [-0.4, -0.2) is 0 Å². The van der Waals surface area contributed by atoms with Gasteiger partial charge in [0.2, 0.25) is 0 Å². The molecule has 0 aromatic heterocycles. The van der Waals surface area contributed by atoms with E-state index in [0.717, 1.165) is 18.2 Å². The summed E-state index contributed by atoms with van der Waals surface area (Å²) in [5, 5.41) is 2.98. The fourth-order valence-electron chi connectivity index (χ4n) is 2.52. The van der Waals surface area contributed by atoms with Crippen LogP contribution in [0.4, 0.5) is 27.6 Å². The van der Waals surface area contributed by atoms with E-state index in [0.29, 0.717) is 16.8 Å². The molecule has 2 aromatic carbocycles. The van der Waals surface area contributed by atoms with Crippen molar-refractivity contribution in [3.8, 4) is 0 Å². The molecule has 1 N–H and O–H groups in total. The SMILES string of the molecule is Fc1cc(F)cc(C2Cc3cc(C(F)(F)F)ccc3N2)c1. The molecule has 0 fully saturated rings. The number of fused-ring (bicyclic) bond motifs is 1. The van der Waals surface area contributed by atoms with Crippen LogP contribution in [0, 0.1) is 11.6 Å². The van der Waals surface area contributed by atoms with Gasteiger partial charge in [0.05, 0.1) is 11.6 Å². The molecule has 21 heavy (non-hydrogen) atoms. The van der Waals surface area contributed by atoms with E-state index in [4.69, 9.17) is 0 Å². The lowest BCUT2D eigenvalue weighted by Gasteiger charge is -2.11. The summed E-state index contributed by atoms with van der Waals surface area (Å²) < 4.78 is 64.4. The molecule has 2 aromatic rings. The summed E-state index contributed by atoms with van der Waals surface area (Å²) in [7, 11) is 0. The number of alkyl halides is 3. The van der Waals surface area contributed by atoms with Gasteiger partial charge in [-0.3, -0.25) is 0 Å². The first-order valence-electron chi connectivity index (χ1n) is 6.25. The maximum atomic E-state index is 13.2. The first kappa shape index (κ1) is 13.9.